The normalized spacial score (nSPS) is 11.8. The Morgan fingerprint density at radius 1 is 0.714 bits per heavy atom. The van der Waals surface area contributed by atoms with Crippen LogP contribution in [-0.2, 0) is 31.9 Å². The number of phenolic OH excluding ortho intramolecular Hbond substituents is 1. The van der Waals surface area contributed by atoms with Gasteiger partial charge in [0, 0.05) is 43.9 Å². The molecule has 0 fully saturated rings. The fraction of sp³-hybridized carbons (Fsp3) is 0.189. The van der Waals surface area contributed by atoms with Gasteiger partial charge in [-0.3, -0.25) is 4.98 Å². The van der Waals surface area contributed by atoms with E-state index in [1.165, 1.54) is 5.56 Å². The number of phenols is 1. The van der Waals surface area contributed by atoms with Crippen LogP contribution in [0, 0.1) is 6.07 Å². The van der Waals surface area contributed by atoms with E-state index in [1.54, 1.807) is 6.20 Å². The summed E-state index contributed by atoms with van der Waals surface area (Å²) in [5, 5.41) is 11.3. The molecule has 2 aromatic heterocycles. The maximum atomic E-state index is 11.3. The summed E-state index contributed by atoms with van der Waals surface area (Å²) in [6.45, 7) is 10.7. The van der Waals surface area contributed by atoms with Gasteiger partial charge in [-0.15, -0.1) is 29.8 Å². The molecule has 0 amide bonds. The summed E-state index contributed by atoms with van der Waals surface area (Å²) in [5.41, 5.74) is 8.15. The van der Waals surface area contributed by atoms with Crippen molar-refractivity contribution in [3.8, 4) is 39.6 Å². The quantitative estimate of drug-likeness (QED) is 0.180. The Bertz CT molecular complexity index is 1850. The predicted octanol–water partition coefficient (Wildman–Crippen LogP) is 9.35. The van der Waals surface area contributed by atoms with Crippen molar-refractivity contribution in [2.24, 2.45) is 0 Å². The second-order valence-corrected chi connectivity index (χ2v) is 12.0. The van der Waals surface area contributed by atoms with Gasteiger partial charge in [-0.25, -0.2) is 4.98 Å². The molecule has 6 rings (SSSR count). The zero-order chi connectivity index (χ0) is 28.8. The summed E-state index contributed by atoms with van der Waals surface area (Å²) in [7, 11) is 0. The molecule has 0 bridgehead atoms. The van der Waals surface area contributed by atoms with Gasteiger partial charge >= 0.3 is 0 Å². The maximum Gasteiger partial charge on any atom is 0.230 e. The van der Waals surface area contributed by atoms with Crippen LogP contribution in [0.25, 0.3) is 44.9 Å². The van der Waals surface area contributed by atoms with Gasteiger partial charge in [0.15, 0.2) is 0 Å². The standard InChI is InChI=1S/C37H33N2O2.Pt/c1-36(2,3)30-18-12-17-28(34(30)40)35-39-33-29(24-13-11-14-25(21-24)31-19-9-10-20-38-31)22-27(23-32(33)41-35)37(4,5)26-15-7-6-8-16-26;/h6-20,22-23,40H,1-5H3;/q-1;. The average molecular weight is 733 g/mol. The zero-order valence-electron chi connectivity index (χ0n) is 24.4. The number of rotatable bonds is 5. The van der Waals surface area contributed by atoms with E-state index in [4.69, 9.17) is 9.40 Å². The maximum absolute atomic E-state index is 11.3. The third kappa shape index (κ3) is 5.44. The summed E-state index contributed by atoms with van der Waals surface area (Å²) in [4.78, 5) is 9.51. The van der Waals surface area contributed by atoms with Crippen LogP contribution >= 0.6 is 0 Å². The smallest absolute Gasteiger partial charge is 0.230 e. The molecule has 0 atom stereocenters. The molecule has 0 saturated carbocycles. The zero-order valence-corrected chi connectivity index (χ0v) is 26.7. The Hall–Kier alpha value is -4.01. The minimum atomic E-state index is -0.302. The topological polar surface area (TPSA) is 59.2 Å². The van der Waals surface area contributed by atoms with Crippen molar-refractivity contribution in [3.05, 3.63) is 126 Å². The van der Waals surface area contributed by atoms with Crippen LogP contribution in [0.2, 0.25) is 0 Å². The van der Waals surface area contributed by atoms with Crippen molar-refractivity contribution < 1.29 is 30.6 Å². The van der Waals surface area contributed by atoms with Crippen LogP contribution in [0.3, 0.4) is 0 Å². The fourth-order valence-corrected chi connectivity index (χ4v) is 5.35. The molecule has 0 radical (unpaired) electrons. The molecule has 2 heterocycles. The predicted molar refractivity (Wildman–Crippen MR) is 166 cm³/mol. The van der Waals surface area contributed by atoms with Gasteiger partial charge in [-0.05, 0) is 34.7 Å². The van der Waals surface area contributed by atoms with Gasteiger partial charge < -0.3 is 9.52 Å². The molecule has 42 heavy (non-hydrogen) atoms. The van der Waals surface area contributed by atoms with Gasteiger partial charge in [0.25, 0.3) is 0 Å². The fourth-order valence-electron chi connectivity index (χ4n) is 5.35. The first-order chi connectivity index (χ1) is 19.6. The van der Waals surface area contributed by atoms with Gasteiger partial charge in [-0.2, -0.15) is 0 Å². The van der Waals surface area contributed by atoms with E-state index in [1.807, 2.05) is 60.7 Å². The molecule has 214 valence electrons. The number of fused-ring (bicyclic) bond motifs is 1. The number of hydrogen-bond acceptors (Lipinski definition) is 4. The second kappa shape index (κ2) is 11.3. The Labute approximate surface area is 261 Å². The third-order valence-corrected chi connectivity index (χ3v) is 7.81. The summed E-state index contributed by atoms with van der Waals surface area (Å²) in [6.07, 6.45) is 1.79. The van der Waals surface area contributed by atoms with Crippen molar-refractivity contribution in [1.82, 2.24) is 9.97 Å². The Morgan fingerprint density at radius 2 is 1.43 bits per heavy atom. The molecule has 0 saturated heterocycles. The van der Waals surface area contributed by atoms with E-state index >= 15 is 0 Å². The van der Waals surface area contributed by atoms with E-state index in [-0.39, 0.29) is 37.6 Å². The summed E-state index contributed by atoms with van der Waals surface area (Å²) in [5.74, 6) is 0.585. The first-order valence-corrected chi connectivity index (χ1v) is 13.9. The molecular weight excluding hydrogens is 699 g/mol. The largest absolute Gasteiger partial charge is 0.507 e. The molecule has 1 N–H and O–H groups in total. The number of oxazole rings is 1. The molecule has 0 unspecified atom stereocenters. The molecule has 5 heteroatoms. The summed E-state index contributed by atoms with van der Waals surface area (Å²) in [6, 6.07) is 36.0. The summed E-state index contributed by atoms with van der Waals surface area (Å²) < 4.78 is 6.45. The second-order valence-electron chi connectivity index (χ2n) is 12.0. The Balaban J connectivity index is 0.00000353. The average Bonchev–Trinajstić information content (AvgIpc) is 3.41. The number of nitrogens with zero attached hydrogens (tertiary/aromatic N) is 2. The monoisotopic (exact) mass is 732 g/mol. The number of para-hydroxylation sites is 1. The van der Waals surface area contributed by atoms with Gasteiger partial charge in [0.2, 0.25) is 5.89 Å². The third-order valence-electron chi connectivity index (χ3n) is 7.81. The number of aromatic nitrogens is 2. The Morgan fingerprint density at radius 3 is 2.14 bits per heavy atom. The van der Waals surface area contributed by atoms with Gasteiger partial charge in [0.05, 0.1) is 11.1 Å². The molecule has 6 aromatic rings. The van der Waals surface area contributed by atoms with Crippen LogP contribution in [0.15, 0.2) is 108 Å². The van der Waals surface area contributed by atoms with Crippen molar-refractivity contribution in [1.29, 1.82) is 0 Å². The van der Waals surface area contributed by atoms with Crippen LogP contribution in [0.1, 0.15) is 51.3 Å². The number of aromatic hydroxyl groups is 1. The van der Waals surface area contributed by atoms with Crippen molar-refractivity contribution in [2.45, 2.75) is 45.4 Å². The van der Waals surface area contributed by atoms with Crippen LogP contribution < -0.4 is 0 Å². The number of benzene rings is 4. The number of hydrogen-bond donors (Lipinski definition) is 1. The van der Waals surface area contributed by atoms with E-state index in [2.05, 4.69) is 82.1 Å². The molecule has 0 aliphatic carbocycles. The first-order valence-electron chi connectivity index (χ1n) is 13.9. The molecule has 4 nitrogen and oxygen atoms in total. The van der Waals surface area contributed by atoms with Gasteiger partial charge in [-0.1, -0.05) is 106 Å². The SMILES string of the molecule is CC(C)(C)c1cccc(-c2nc3c(-c4[c-]c(-c5ccccn5)ccc4)cc(C(C)(C)c4ccccc4)cc3o2)c1O.[Pt]. The van der Waals surface area contributed by atoms with Gasteiger partial charge in [0.1, 0.15) is 11.3 Å². The van der Waals surface area contributed by atoms with E-state index in [9.17, 15) is 5.11 Å². The van der Waals surface area contributed by atoms with E-state index in [0.29, 0.717) is 17.0 Å². The van der Waals surface area contributed by atoms with Crippen molar-refractivity contribution in [2.75, 3.05) is 0 Å². The molecule has 0 aliphatic heterocycles. The first kappa shape index (κ1) is 29.5. The minimum absolute atomic E-state index is 0. The van der Waals surface area contributed by atoms with Crippen molar-refractivity contribution in [3.63, 3.8) is 0 Å². The van der Waals surface area contributed by atoms with Crippen LogP contribution in [-0.4, -0.2) is 15.1 Å². The van der Waals surface area contributed by atoms with E-state index in [0.717, 1.165) is 39.0 Å². The number of pyridine rings is 1. The minimum Gasteiger partial charge on any atom is -0.507 e. The summed E-state index contributed by atoms with van der Waals surface area (Å²) >= 11 is 0. The molecule has 0 spiro atoms. The molecule has 4 aromatic carbocycles. The van der Waals surface area contributed by atoms with Crippen LogP contribution in [0.4, 0.5) is 0 Å². The van der Waals surface area contributed by atoms with Crippen molar-refractivity contribution >= 4 is 11.1 Å². The molecular formula is C37H33N2O2Pt-. The van der Waals surface area contributed by atoms with E-state index < -0.39 is 0 Å². The Kier molecular flexibility index (Phi) is 7.96. The van der Waals surface area contributed by atoms with Crippen LogP contribution in [0.5, 0.6) is 5.75 Å². The molecule has 0 aliphatic rings.